The van der Waals surface area contributed by atoms with E-state index in [4.69, 9.17) is 4.42 Å². The molecule has 2 atom stereocenters. The quantitative estimate of drug-likeness (QED) is 0.878. The van der Waals surface area contributed by atoms with Crippen LogP contribution < -0.4 is 5.32 Å². The highest BCUT2D eigenvalue weighted by Gasteiger charge is 2.39. The van der Waals surface area contributed by atoms with Crippen molar-refractivity contribution in [3.8, 4) is 0 Å². The molecule has 2 unspecified atom stereocenters. The topological polar surface area (TPSA) is 102 Å². The van der Waals surface area contributed by atoms with E-state index in [0.717, 1.165) is 31.9 Å². The standard InChI is InChI=1S/C15H25N3O4S/c1-5-10-8-6-7-9-11(10)16-12(19)13-17-18-14(22-13)15(2,3)23(4,20)21/h10-11H,5-9H2,1-4H3,(H,16,19). The molecule has 130 valence electrons. The van der Waals surface area contributed by atoms with Crippen molar-refractivity contribution < 1.29 is 17.6 Å². The average molecular weight is 343 g/mol. The van der Waals surface area contributed by atoms with Crippen molar-refractivity contribution in [1.82, 2.24) is 15.5 Å². The zero-order valence-electron chi connectivity index (χ0n) is 14.1. The maximum Gasteiger partial charge on any atom is 0.309 e. The number of carbonyl (C=O) groups is 1. The molecule has 1 saturated carbocycles. The summed E-state index contributed by atoms with van der Waals surface area (Å²) in [7, 11) is -3.44. The van der Waals surface area contributed by atoms with E-state index in [1.807, 2.05) is 0 Å². The zero-order chi connectivity index (χ0) is 17.3. The van der Waals surface area contributed by atoms with Crippen LogP contribution in [0.5, 0.6) is 0 Å². The largest absolute Gasteiger partial charge is 0.415 e. The Morgan fingerprint density at radius 2 is 1.96 bits per heavy atom. The Hall–Kier alpha value is -1.44. The molecule has 0 spiro atoms. The van der Waals surface area contributed by atoms with E-state index in [2.05, 4.69) is 22.4 Å². The summed E-state index contributed by atoms with van der Waals surface area (Å²) in [5.74, 6) is -0.223. The number of hydrogen-bond donors (Lipinski definition) is 1. The monoisotopic (exact) mass is 343 g/mol. The van der Waals surface area contributed by atoms with Crippen LogP contribution in [-0.4, -0.2) is 36.8 Å². The van der Waals surface area contributed by atoms with Gasteiger partial charge in [0.05, 0.1) is 0 Å². The molecule has 7 nitrogen and oxygen atoms in total. The molecule has 2 rings (SSSR count). The Morgan fingerprint density at radius 1 is 1.30 bits per heavy atom. The lowest BCUT2D eigenvalue weighted by molar-refractivity contribution is 0.0866. The van der Waals surface area contributed by atoms with Gasteiger partial charge in [0.1, 0.15) is 4.75 Å². The molecule has 1 aliphatic rings. The van der Waals surface area contributed by atoms with Crippen LogP contribution in [0.2, 0.25) is 0 Å². The molecule has 0 aliphatic heterocycles. The van der Waals surface area contributed by atoms with Crippen molar-refractivity contribution in [2.45, 2.75) is 63.7 Å². The van der Waals surface area contributed by atoms with Crippen LogP contribution in [0.15, 0.2) is 4.42 Å². The number of nitrogens with one attached hydrogen (secondary N) is 1. The summed E-state index contributed by atoms with van der Waals surface area (Å²) in [5, 5.41) is 10.4. The van der Waals surface area contributed by atoms with Gasteiger partial charge in [0.15, 0.2) is 9.84 Å². The number of hydrogen-bond acceptors (Lipinski definition) is 6. The lowest BCUT2D eigenvalue weighted by Gasteiger charge is -2.31. The number of sulfone groups is 1. The Bertz CT molecular complexity index is 666. The third-order valence-corrected chi connectivity index (χ3v) is 6.84. The van der Waals surface area contributed by atoms with Crippen LogP contribution in [-0.2, 0) is 14.6 Å². The zero-order valence-corrected chi connectivity index (χ0v) is 14.9. The smallest absolute Gasteiger partial charge is 0.309 e. The van der Waals surface area contributed by atoms with Crippen molar-refractivity contribution >= 4 is 15.7 Å². The van der Waals surface area contributed by atoms with Gasteiger partial charge in [0.2, 0.25) is 5.89 Å². The van der Waals surface area contributed by atoms with Gasteiger partial charge in [-0.2, -0.15) is 0 Å². The van der Waals surface area contributed by atoms with Crippen molar-refractivity contribution in [2.24, 2.45) is 5.92 Å². The van der Waals surface area contributed by atoms with Gasteiger partial charge in [0.25, 0.3) is 0 Å². The van der Waals surface area contributed by atoms with Gasteiger partial charge in [0, 0.05) is 12.3 Å². The number of amides is 1. The lowest BCUT2D eigenvalue weighted by atomic mass is 9.83. The molecule has 0 aromatic carbocycles. The highest BCUT2D eigenvalue weighted by atomic mass is 32.2. The normalized spacial score (nSPS) is 22.8. The minimum Gasteiger partial charge on any atom is -0.415 e. The van der Waals surface area contributed by atoms with Gasteiger partial charge in [-0.15, -0.1) is 10.2 Å². The predicted molar refractivity (Wildman–Crippen MR) is 85.7 cm³/mol. The summed E-state index contributed by atoms with van der Waals surface area (Å²) in [6.07, 6.45) is 6.46. The highest BCUT2D eigenvalue weighted by Crippen LogP contribution is 2.29. The molecule has 1 heterocycles. The molecule has 1 aliphatic carbocycles. The van der Waals surface area contributed by atoms with E-state index in [0.29, 0.717) is 5.92 Å². The maximum atomic E-state index is 12.3. The second kappa shape index (κ2) is 6.59. The summed E-state index contributed by atoms with van der Waals surface area (Å²) in [4.78, 5) is 12.3. The predicted octanol–water partition coefficient (Wildman–Crippen LogP) is 2.05. The molecule has 8 heteroatoms. The lowest BCUT2D eigenvalue weighted by Crippen LogP contribution is -2.42. The SMILES string of the molecule is CCC1CCCCC1NC(=O)c1nnc(C(C)(C)S(C)(=O)=O)o1. The molecule has 1 aromatic rings. The fourth-order valence-electron chi connectivity index (χ4n) is 2.83. The van der Waals surface area contributed by atoms with Crippen LogP contribution >= 0.6 is 0 Å². The first-order valence-corrected chi connectivity index (χ1v) is 9.90. The van der Waals surface area contributed by atoms with Crippen molar-refractivity contribution in [1.29, 1.82) is 0 Å². The molecule has 1 N–H and O–H groups in total. The summed E-state index contributed by atoms with van der Waals surface area (Å²) in [5.41, 5.74) is 0. The molecule has 1 amide bonds. The number of nitrogens with zero attached hydrogens (tertiary/aromatic N) is 2. The van der Waals surface area contributed by atoms with Gasteiger partial charge < -0.3 is 9.73 Å². The average Bonchev–Trinajstić information content (AvgIpc) is 2.97. The fraction of sp³-hybridized carbons (Fsp3) is 0.800. The van der Waals surface area contributed by atoms with Crippen molar-refractivity contribution in [2.75, 3.05) is 6.26 Å². The van der Waals surface area contributed by atoms with E-state index < -0.39 is 20.5 Å². The van der Waals surface area contributed by atoms with Gasteiger partial charge >= 0.3 is 11.8 Å². The number of carbonyl (C=O) groups excluding carboxylic acids is 1. The first kappa shape index (κ1) is 17.9. The van der Waals surface area contributed by atoms with Gasteiger partial charge in [-0.3, -0.25) is 4.79 Å². The Morgan fingerprint density at radius 3 is 2.57 bits per heavy atom. The highest BCUT2D eigenvalue weighted by molar-refractivity contribution is 7.91. The van der Waals surface area contributed by atoms with E-state index in [-0.39, 0.29) is 17.8 Å². The molecule has 23 heavy (non-hydrogen) atoms. The summed E-state index contributed by atoms with van der Waals surface area (Å²) in [6.45, 7) is 5.08. The first-order valence-electron chi connectivity index (χ1n) is 8.01. The summed E-state index contributed by atoms with van der Waals surface area (Å²) >= 11 is 0. The first-order chi connectivity index (χ1) is 10.7. The molecule has 1 fully saturated rings. The molecule has 0 saturated heterocycles. The second-order valence-electron chi connectivity index (χ2n) is 6.73. The van der Waals surface area contributed by atoms with Crippen molar-refractivity contribution in [3.05, 3.63) is 11.8 Å². The van der Waals surface area contributed by atoms with E-state index in [1.54, 1.807) is 0 Å². The van der Waals surface area contributed by atoms with Crippen LogP contribution in [0.4, 0.5) is 0 Å². The second-order valence-corrected chi connectivity index (χ2v) is 9.29. The van der Waals surface area contributed by atoms with Gasteiger partial charge in [-0.25, -0.2) is 8.42 Å². The minimum absolute atomic E-state index is 0.0687. The van der Waals surface area contributed by atoms with Crippen LogP contribution in [0, 0.1) is 5.92 Å². The van der Waals surface area contributed by atoms with E-state index in [1.165, 1.54) is 20.3 Å². The van der Waals surface area contributed by atoms with E-state index >= 15 is 0 Å². The third-order valence-electron chi connectivity index (χ3n) is 4.81. The molecular weight excluding hydrogens is 318 g/mol. The Balaban J connectivity index is 2.12. The number of aromatic nitrogens is 2. The van der Waals surface area contributed by atoms with Crippen LogP contribution in [0.25, 0.3) is 0 Å². The third kappa shape index (κ3) is 3.73. The van der Waals surface area contributed by atoms with Crippen molar-refractivity contribution in [3.63, 3.8) is 0 Å². The van der Waals surface area contributed by atoms with Gasteiger partial charge in [-0.05, 0) is 32.6 Å². The van der Waals surface area contributed by atoms with Gasteiger partial charge in [-0.1, -0.05) is 26.2 Å². The van der Waals surface area contributed by atoms with Crippen LogP contribution in [0.3, 0.4) is 0 Å². The van der Waals surface area contributed by atoms with E-state index in [9.17, 15) is 13.2 Å². The fourth-order valence-corrected chi connectivity index (χ4v) is 3.23. The number of rotatable bonds is 5. The maximum absolute atomic E-state index is 12.3. The summed E-state index contributed by atoms with van der Waals surface area (Å²) < 4.78 is 27.6. The van der Waals surface area contributed by atoms with Crippen LogP contribution in [0.1, 0.15) is 69.5 Å². The minimum atomic E-state index is -3.44. The molecule has 0 radical (unpaired) electrons. The molecule has 0 bridgehead atoms. The summed E-state index contributed by atoms with van der Waals surface area (Å²) in [6, 6.07) is 0.111. The Kier molecular flexibility index (Phi) is 5.13. The Labute approximate surface area is 137 Å². The molecular formula is C15H25N3O4S. The molecule has 1 aromatic heterocycles.